The second-order valence-corrected chi connectivity index (χ2v) is 4.71. The normalized spacial score (nSPS) is 12.2. The van der Waals surface area contributed by atoms with Crippen LogP contribution in [-0.4, -0.2) is 6.54 Å². The summed E-state index contributed by atoms with van der Waals surface area (Å²) in [7, 11) is 0. The topological polar surface area (TPSA) is 38.0 Å². The highest BCUT2D eigenvalue weighted by atomic mass is 14.9. The van der Waals surface area contributed by atoms with E-state index in [2.05, 4.69) is 67.7 Å². The van der Waals surface area contributed by atoms with Crippen molar-refractivity contribution in [3.05, 3.63) is 65.2 Å². The molecule has 0 aliphatic heterocycles. The maximum Gasteiger partial charge on any atom is 0.0636 e. The van der Waals surface area contributed by atoms with Crippen molar-refractivity contribution in [2.45, 2.75) is 19.9 Å². The lowest BCUT2D eigenvalue weighted by Crippen LogP contribution is -2.20. The quantitative estimate of drug-likeness (QED) is 0.859. The van der Waals surface area contributed by atoms with Gasteiger partial charge in [0.15, 0.2) is 0 Å². The van der Waals surface area contributed by atoms with Crippen LogP contribution in [0.3, 0.4) is 0 Å². The largest absolute Gasteiger partial charge is 0.377 e. The lowest BCUT2D eigenvalue weighted by molar-refractivity contribution is 0.789. The minimum Gasteiger partial charge on any atom is -0.377 e. The average molecular weight is 240 g/mol. The Kier molecular flexibility index (Phi) is 4.00. The standard InChI is InChI=1S/C16H20N2/c1-12-6-8-15(9-7-12)18-16(11-17)14-5-3-4-13(2)10-14/h3-10,16,18H,11,17H2,1-2H3. The molecule has 2 heteroatoms. The van der Waals surface area contributed by atoms with Gasteiger partial charge in [0.25, 0.3) is 0 Å². The smallest absolute Gasteiger partial charge is 0.0636 e. The van der Waals surface area contributed by atoms with Crippen molar-refractivity contribution in [1.82, 2.24) is 0 Å². The van der Waals surface area contributed by atoms with E-state index < -0.39 is 0 Å². The molecular formula is C16H20N2. The molecule has 0 aliphatic carbocycles. The zero-order valence-corrected chi connectivity index (χ0v) is 11.0. The molecule has 0 fully saturated rings. The van der Waals surface area contributed by atoms with Gasteiger partial charge in [0.2, 0.25) is 0 Å². The molecule has 0 spiro atoms. The Balaban J connectivity index is 2.17. The van der Waals surface area contributed by atoms with E-state index >= 15 is 0 Å². The highest BCUT2D eigenvalue weighted by molar-refractivity contribution is 5.47. The van der Waals surface area contributed by atoms with E-state index in [9.17, 15) is 0 Å². The number of anilines is 1. The summed E-state index contributed by atoms with van der Waals surface area (Å²) in [5, 5.41) is 3.47. The molecule has 0 aliphatic rings. The van der Waals surface area contributed by atoms with Crippen LogP contribution in [-0.2, 0) is 0 Å². The van der Waals surface area contributed by atoms with Gasteiger partial charge in [-0.25, -0.2) is 0 Å². The first-order chi connectivity index (χ1) is 8.69. The maximum absolute atomic E-state index is 5.87. The SMILES string of the molecule is Cc1ccc(NC(CN)c2cccc(C)c2)cc1. The molecule has 1 atom stereocenters. The van der Waals surface area contributed by atoms with Crippen molar-refractivity contribution in [3.8, 4) is 0 Å². The van der Waals surface area contributed by atoms with Crippen molar-refractivity contribution in [3.63, 3.8) is 0 Å². The second-order valence-electron chi connectivity index (χ2n) is 4.71. The van der Waals surface area contributed by atoms with E-state index in [1.165, 1.54) is 16.7 Å². The first-order valence-electron chi connectivity index (χ1n) is 6.29. The van der Waals surface area contributed by atoms with E-state index in [-0.39, 0.29) is 6.04 Å². The predicted molar refractivity (Wildman–Crippen MR) is 77.8 cm³/mol. The van der Waals surface area contributed by atoms with Gasteiger partial charge in [-0.3, -0.25) is 0 Å². The summed E-state index contributed by atoms with van der Waals surface area (Å²) in [6, 6.07) is 17.0. The molecule has 2 aromatic rings. The first kappa shape index (κ1) is 12.7. The molecule has 0 saturated heterocycles. The van der Waals surface area contributed by atoms with Crippen LogP contribution in [0.5, 0.6) is 0 Å². The Morgan fingerprint density at radius 3 is 2.33 bits per heavy atom. The van der Waals surface area contributed by atoms with Crippen molar-refractivity contribution >= 4 is 5.69 Å². The fourth-order valence-electron chi connectivity index (χ4n) is 2.02. The fourth-order valence-corrected chi connectivity index (χ4v) is 2.02. The van der Waals surface area contributed by atoms with Crippen LogP contribution >= 0.6 is 0 Å². The molecule has 2 aromatic carbocycles. The average Bonchev–Trinajstić information content (AvgIpc) is 2.38. The number of rotatable bonds is 4. The van der Waals surface area contributed by atoms with E-state index in [4.69, 9.17) is 5.73 Å². The Hall–Kier alpha value is -1.80. The molecule has 0 saturated carbocycles. The van der Waals surface area contributed by atoms with Gasteiger partial charge in [0.05, 0.1) is 6.04 Å². The predicted octanol–water partition coefficient (Wildman–Crippen LogP) is 3.42. The molecule has 0 radical (unpaired) electrons. The van der Waals surface area contributed by atoms with Gasteiger partial charge in [-0.2, -0.15) is 0 Å². The Bertz CT molecular complexity index is 503. The molecule has 3 N–H and O–H groups in total. The van der Waals surface area contributed by atoms with Gasteiger partial charge < -0.3 is 11.1 Å². The number of hydrogen-bond acceptors (Lipinski definition) is 2. The molecule has 0 bridgehead atoms. The van der Waals surface area contributed by atoms with Crippen LogP contribution in [0.4, 0.5) is 5.69 Å². The zero-order chi connectivity index (χ0) is 13.0. The van der Waals surface area contributed by atoms with Gasteiger partial charge in [-0.05, 0) is 31.5 Å². The van der Waals surface area contributed by atoms with Gasteiger partial charge >= 0.3 is 0 Å². The van der Waals surface area contributed by atoms with Gasteiger partial charge in [0.1, 0.15) is 0 Å². The number of nitrogens with one attached hydrogen (secondary N) is 1. The van der Waals surface area contributed by atoms with Crippen molar-refractivity contribution in [2.75, 3.05) is 11.9 Å². The van der Waals surface area contributed by atoms with Crippen LogP contribution in [0.15, 0.2) is 48.5 Å². The number of aryl methyl sites for hydroxylation is 2. The van der Waals surface area contributed by atoms with Gasteiger partial charge in [0, 0.05) is 12.2 Å². The minimum atomic E-state index is 0.160. The zero-order valence-electron chi connectivity index (χ0n) is 11.0. The van der Waals surface area contributed by atoms with Crippen molar-refractivity contribution in [2.24, 2.45) is 5.73 Å². The third kappa shape index (κ3) is 3.11. The molecule has 2 rings (SSSR count). The van der Waals surface area contributed by atoms with Crippen LogP contribution in [0.25, 0.3) is 0 Å². The summed E-state index contributed by atoms with van der Waals surface area (Å²) in [5.41, 5.74) is 10.7. The molecular weight excluding hydrogens is 220 g/mol. The number of benzene rings is 2. The minimum absolute atomic E-state index is 0.160. The summed E-state index contributed by atoms with van der Waals surface area (Å²) in [6.45, 7) is 4.77. The Morgan fingerprint density at radius 2 is 1.72 bits per heavy atom. The third-order valence-corrected chi connectivity index (χ3v) is 3.07. The van der Waals surface area contributed by atoms with E-state index in [0.717, 1.165) is 5.69 Å². The number of hydrogen-bond donors (Lipinski definition) is 2. The lowest BCUT2D eigenvalue weighted by Gasteiger charge is -2.19. The second kappa shape index (κ2) is 5.69. The molecule has 0 aromatic heterocycles. The number of nitrogens with two attached hydrogens (primary N) is 1. The molecule has 2 nitrogen and oxygen atoms in total. The van der Waals surface area contributed by atoms with E-state index in [0.29, 0.717) is 6.54 Å². The fraction of sp³-hybridized carbons (Fsp3) is 0.250. The lowest BCUT2D eigenvalue weighted by atomic mass is 10.0. The van der Waals surface area contributed by atoms with Crippen LogP contribution < -0.4 is 11.1 Å². The Labute approximate surface area is 109 Å². The van der Waals surface area contributed by atoms with Gasteiger partial charge in [-0.15, -0.1) is 0 Å². The molecule has 0 amide bonds. The van der Waals surface area contributed by atoms with Crippen LogP contribution in [0.2, 0.25) is 0 Å². The van der Waals surface area contributed by atoms with Crippen molar-refractivity contribution < 1.29 is 0 Å². The van der Waals surface area contributed by atoms with Crippen molar-refractivity contribution in [1.29, 1.82) is 0 Å². The van der Waals surface area contributed by atoms with Gasteiger partial charge in [-0.1, -0.05) is 47.5 Å². The summed E-state index contributed by atoms with van der Waals surface area (Å²) in [6.07, 6.45) is 0. The molecule has 94 valence electrons. The molecule has 1 unspecified atom stereocenters. The monoisotopic (exact) mass is 240 g/mol. The first-order valence-corrected chi connectivity index (χ1v) is 6.29. The van der Waals surface area contributed by atoms with Crippen LogP contribution in [0, 0.1) is 13.8 Å². The summed E-state index contributed by atoms with van der Waals surface area (Å²) >= 11 is 0. The highest BCUT2D eigenvalue weighted by Gasteiger charge is 2.09. The van der Waals surface area contributed by atoms with E-state index in [1.54, 1.807) is 0 Å². The maximum atomic E-state index is 5.87. The summed E-state index contributed by atoms with van der Waals surface area (Å²) in [4.78, 5) is 0. The summed E-state index contributed by atoms with van der Waals surface area (Å²) < 4.78 is 0. The van der Waals surface area contributed by atoms with Crippen LogP contribution in [0.1, 0.15) is 22.7 Å². The molecule has 0 heterocycles. The van der Waals surface area contributed by atoms with E-state index in [1.807, 2.05) is 0 Å². The Morgan fingerprint density at radius 1 is 1.00 bits per heavy atom. The highest BCUT2D eigenvalue weighted by Crippen LogP contribution is 2.19. The summed E-state index contributed by atoms with van der Waals surface area (Å²) in [5.74, 6) is 0. The molecule has 18 heavy (non-hydrogen) atoms. The third-order valence-electron chi connectivity index (χ3n) is 3.07.